The second-order valence-corrected chi connectivity index (χ2v) is 7.88. The number of hydrazone groups is 1. The molecule has 180 valence electrons. The number of aromatic nitrogens is 1. The fraction of sp³-hybridized carbons (Fsp3) is 0.222. The number of hydrogen-bond acceptors (Lipinski definition) is 6. The molecule has 0 aliphatic rings. The zero-order valence-electron chi connectivity index (χ0n) is 20.1. The van der Waals surface area contributed by atoms with Crippen LogP contribution in [0, 0.1) is 13.8 Å². The minimum atomic E-state index is -0.452. The van der Waals surface area contributed by atoms with Gasteiger partial charge < -0.3 is 18.5 Å². The number of amides is 1. The standard InChI is InChI=1S/C27H27N3O5/c1-5-33-23-10-11-24-20(14-23)15-25(35-24)26(31)29-28-16-21-12-17(3)30(18(21)4)22-9-7-8-19(13-22)27(32)34-6-2/h7-16H,5-6H2,1-4H3,(H,29,31)/b28-16+. The number of ether oxygens (including phenoxy) is 2. The van der Waals surface area contributed by atoms with Crippen molar-refractivity contribution >= 4 is 29.1 Å². The number of carbonyl (C=O) groups excluding carboxylic acids is 2. The van der Waals surface area contributed by atoms with Crippen LogP contribution >= 0.6 is 0 Å². The Labute approximate surface area is 203 Å². The topological polar surface area (TPSA) is 95.1 Å². The Kier molecular flexibility index (Phi) is 7.01. The van der Waals surface area contributed by atoms with Gasteiger partial charge in [0.15, 0.2) is 5.76 Å². The van der Waals surface area contributed by atoms with Gasteiger partial charge in [-0.3, -0.25) is 4.79 Å². The third-order valence-corrected chi connectivity index (χ3v) is 5.48. The highest BCUT2D eigenvalue weighted by molar-refractivity contribution is 5.97. The molecule has 2 heterocycles. The van der Waals surface area contributed by atoms with Crippen molar-refractivity contribution in [1.29, 1.82) is 0 Å². The summed E-state index contributed by atoms with van der Waals surface area (Å²) in [4.78, 5) is 24.7. The average Bonchev–Trinajstić information content (AvgIpc) is 3.39. The molecule has 0 fully saturated rings. The highest BCUT2D eigenvalue weighted by Gasteiger charge is 2.14. The van der Waals surface area contributed by atoms with Gasteiger partial charge in [0.05, 0.1) is 25.0 Å². The van der Waals surface area contributed by atoms with Crippen LogP contribution in [0.25, 0.3) is 16.7 Å². The lowest BCUT2D eigenvalue weighted by atomic mass is 10.2. The average molecular weight is 474 g/mol. The smallest absolute Gasteiger partial charge is 0.338 e. The minimum Gasteiger partial charge on any atom is -0.494 e. The van der Waals surface area contributed by atoms with Crippen LogP contribution in [0.3, 0.4) is 0 Å². The highest BCUT2D eigenvalue weighted by atomic mass is 16.5. The fourth-order valence-electron chi connectivity index (χ4n) is 3.91. The van der Waals surface area contributed by atoms with E-state index in [-0.39, 0.29) is 11.7 Å². The number of benzene rings is 2. The van der Waals surface area contributed by atoms with Gasteiger partial charge in [0.2, 0.25) is 0 Å². The number of nitrogens with zero attached hydrogens (tertiary/aromatic N) is 2. The van der Waals surface area contributed by atoms with Gasteiger partial charge in [-0.2, -0.15) is 5.10 Å². The molecule has 1 amide bonds. The normalized spacial score (nSPS) is 11.2. The van der Waals surface area contributed by atoms with Gasteiger partial charge >= 0.3 is 11.9 Å². The molecule has 0 atom stereocenters. The molecule has 8 nitrogen and oxygen atoms in total. The van der Waals surface area contributed by atoms with E-state index in [0.717, 1.165) is 28.0 Å². The maximum atomic E-state index is 12.5. The van der Waals surface area contributed by atoms with Gasteiger partial charge in [-0.15, -0.1) is 0 Å². The predicted molar refractivity (Wildman–Crippen MR) is 134 cm³/mol. The number of esters is 1. The molecule has 0 saturated carbocycles. The Morgan fingerprint density at radius 1 is 1.06 bits per heavy atom. The molecule has 0 unspecified atom stereocenters. The van der Waals surface area contributed by atoms with Crippen LogP contribution in [0.4, 0.5) is 0 Å². The van der Waals surface area contributed by atoms with E-state index in [9.17, 15) is 9.59 Å². The molecular weight excluding hydrogens is 446 g/mol. The van der Waals surface area contributed by atoms with E-state index in [1.165, 1.54) is 0 Å². The van der Waals surface area contributed by atoms with Gasteiger partial charge in [-0.1, -0.05) is 6.07 Å². The Hall–Kier alpha value is -4.33. The highest BCUT2D eigenvalue weighted by Crippen LogP contribution is 2.25. The first-order valence-corrected chi connectivity index (χ1v) is 11.4. The molecular formula is C27H27N3O5. The molecule has 4 aromatic rings. The van der Waals surface area contributed by atoms with Crippen LogP contribution in [0.2, 0.25) is 0 Å². The number of nitrogens with one attached hydrogen (secondary N) is 1. The van der Waals surface area contributed by atoms with Crippen molar-refractivity contribution in [2.75, 3.05) is 13.2 Å². The zero-order chi connectivity index (χ0) is 24.9. The lowest BCUT2D eigenvalue weighted by Crippen LogP contribution is -2.16. The molecule has 0 aliphatic heterocycles. The summed E-state index contributed by atoms with van der Waals surface area (Å²) in [5.41, 5.74) is 7.13. The molecule has 0 saturated heterocycles. The predicted octanol–water partition coefficient (Wildman–Crippen LogP) is 5.18. The van der Waals surface area contributed by atoms with Gasteiger partial charge in [0.1, 0.15) is 11.3 Å². The largest absolute Gasteiger partial charge is 0.494 e. The Balaban J connectivity index is 1.50. The summed E-state index contributed by atoms with van der Waals surface area (Å²) in [7, 11) is 0. The van der Waals surface area contributed by atoms with E-state index in [4.69, 9.17) is 13.9 Å². The van der Waals surface area contributed by atoms with Gasteiger partial charge in [0.25, 0.3) is 0 Å². The third kappa shape index (κ3) is 5.11. The van der Waals surface area contributed by atoms with E-state index in [2.05, 4.69) is 10.5 Å². The van der Waals surface area contributed by atoms with E-state index in [1.807, 2.05) is 49.6 Å². The molecule has 0 radical (unpaired) electrons. The molecule has 2 aromatic heterocycles. The summed E-state index contributed by atoms with van der Waals surface area (Å²) >= 11 is 0. The van der Waals surface area contributed by atoms with E-state index < -0.39 is 5.91 Å². The van der Waals surface area contributed by atoms with E-state index >= 15 is 0 Å². The Morgan fingerprint density at radius 3 is 2.66 bits per heavy atom. The molecule has 1 N–H and O–H groups in total. The quantitative estimate of drug-likeness (QED) is 0.216. The summed E-state index contributed by atoms with van der Waals surface area (Å²) in [6.07, 6.45) is 1.59. The van der Waals surface area contributed by atoms with Crippen LogP contribution in [-0.2, 0) is 4.74 Å². The van der Waals surface area contributed by atoms with Crippen LogP contribution in [0.5, 0.6) is 5.75 Å². The first kappa shape index (κ1) is 23.8. The second kappa shape index (κ2) is 10.3. The summed E-state index contributed by atoms with van der Waals surface area (Å²) < 4.78 is 18.2. The lowest BCUT2D eigenvalue weighted by molar-refractivity contribution is 0.0526. The van der Waals surface area contributed by atoms with Crippen molar-refractivity contribution in [1.82, 2.24) is 9.99 Å². The summed E-state index contributed by atoms with van der Waals surface area (Å²) in [5.74, 6) is 0.0633. The number of aryl methyl sites for hydroxylation is 1. The van der Waals surface area contributed by atoms with Crippen molar-refractivity contribution in [2.24, 2.45) is 5.10 Å². The molecule has 0 bridgehead atoms. The molecule has 4 rings (SSSR count). The van der Waals surface area contributed by atoms with Crippen molar-refractivity contribution < 1.29 is 23.5 Å². The monoisotopic (exact) mass is 473 g/mol. The first-order chi connectivity index (χ1) is 16.9. The Bertz CT molecular complexity index is 1410. The second-order valence-electron chi connectivity index (χ2n) is 7.88. The molecule has 0 aliphatic carbocycles. The summed E-state index contributed by atoms with van der Waals surface area (Å²) in [5, 5.41) is 4.89. The van der Waals surface area contributed by atoms with Crippen molar-refractivity contribution in [3.63, 3.8) is 0 Å². The first-order valence-electron chi connectivity index (χ1n) is 11.4. The van der Waals surface area contributed by atoms with Crippen LogP contribution in [-0.4, -0.2) is 35.9 Å². The molecule has 8 heteroatoms. The molecule has 2 aromatic carbocycles. The van der Waals surface area contributed by atoms with Crippen molar-refractivity contribution in [3.8, 4) is 11.4 Å². The van der Waals surface area contributed by atoms with Crippen LogP contribution in [0.15, 0.2) is 64.1 Å². The van der Waals surface area contributed by atoms with E-state index in [1.54, 1.807) is 43.5 Å². The SMILES string of the molecule is CCOC(=O)c1cccc(-n2c(C)cc(/C=N/NC(=O)c3cc4cc(OCC)ccc4o3)c2C)c1. The van der Waals surface area contributed by atoms with Crippen molar-refractivity contribution in [2.45, 2.75) is 27.7 Å². The fourth-order valence-corrected chi connectivity index (χ4v) is 3.91. The lowest BCUT2D eigenvalue weighted by Gasteiger charge is -2.11. The van der Waals surface area contributed by atoms with Gasteiger partial charge in [0, 0.05) is 28.0 Å². The zero-order valence-corrected chi connectivity index (χ0v) is 20.1. The third-order valence-electron chi connectivity index (χ3n) is 5.48. The number of carbonyl (C=O) groups is 2. The number of furan rings is 1. The van der Waals surface area contributed by atoms with Crippen molar-refractivity contribution in [3.05, 3.63) is 82.9 Å². The number of rotatable bonds is 8. The van der Waals surface area contributed by atoms with Crippen LogP contribution < -0.4 is 10.2 Å². The van der Waals surface area contributed by atoms with E-state index in [0.29, 0.717) is 30.1 Å². The van der Waals surface area contributed by atoms with Crippen LogP contribution in [0.1, 0.15) is 51.7 Å². The maximum absolute atomic E-state index is 12.5. The number of hydrogen-bond donors (Lipinski definition) is 1. The maximum Gasteiger partial charge on any atom is 0.338 e. The molecule has 35 heavy (non-hydrogen) atoms. The number of fused-ring (bicyclic) bond motifs is 1. The summed E-state index contributed by atoms with van der Waals surface area (Å²) in [6.45, 7) is 8.47. The Morgan fingerprint density at radius 2 is 1.89 bits per heavy atom. The van der Waals surface area contributed by atoms with Gasteiger partial charge in [-0.05, 0) is 76.2 Å². The molecule has 0 spiro atoms. The summed E-state index contributed by atoms with van der Waals surface area (Å²) in [6, 6.07) is 16.3. The van der Waals surface area contributed by atoms with Gasteiger partial charge in [-0.25, -0.2) is 10.2 Å². The minimum absolute atomic E-state index is 0.159.